The molecule has 28 heavy (non-hydrogen) atoms. The number of hydrogen-bond acceptors (Lipinski definition) is 4. The van der Waals surface area contributed by atoms with Crippen LogP contribution >= 0.6 is 0 Å². The number of methoxy groups -OCH3 is 2. The molecule has 0 unspecified atom stereocenters. The molecule has 0 saturated heterocycles. The zero-order chi connectivity index (χ0) is 20.5. The fourth-order valence-corrected chi connectivity index (χ4v) is 2.76. The van der Waals surface area contributed by atoms with E-state index in [1.165, 1.54) is 6.08 Å². The Hall–Kier alpha value is -3.21. The van der Waals surface area contributed by atoms with E-state index in [4.69, 9.17) is 14.2 Å². The van der Waals surface area contributed by atoms with E-state index in [0.717, 1.165) is 22.4 Å². The van der Waals surface area contributed by atoms with Gasteiger partial charge in [-0.25, -0.2) is 0 Å². The van der Waals surface area contributed by atoms with E-state index < -0.39 is 0 Å². The number of carbonyl (C=O) groups excluding carboxylic acids is 1. The molecule has 0 aliphatic heterocycles. The molecule has 148 valence electrons. The fourth-order valence-electron chi connectivity index (χ4n) is 2.76. The van der Waals surface area contributed by atoms with Gasteiger partial charge in [0.1, 0.15) is 12.4 Å². The average molecular weight is 381 g/mol. The lowest BCUT2D eigenvalue weighted by Crippen LogP contribution is -2.25. The predicted octanol–water partition coefficient (Wildman–Crippen LogP) is 4.47. The number of amides is 1. The van der Waals surface area contributed by atoms with Gasteiger partial charge in [0.25, 0.3) is 0 Å². The normalized spacial score (nSPS) is 11.7. The summed E-state index contributed by atoms with van der Waals surface area (Å²) >= 11 is 0. The summed E-state index contributed by atoms with van der Waals surface area (Å²) in [5, 5.41) is 2.96. The molecular formula is C23H27NO4. The summed E-state index contributed by atoms with van der Waals surface area (Å²) in [4.78, 5) is 12.3. The minimum atomic E-state index is -0.193. The topological polar surface area (TPSA) is 56.8 Å². The number of ether oxygens (including phenoxy) is 3. The molecule has 5 nitrogen and oxygen atoms in total. The Morgan fingerprint density at radius 1 is 1.11 bits per heavy atom. The lowest BCUT2D eigenvalue weighted by molar-refractivity contribution is -0.117. The quantitative estimate of drug-likeness (QED) is 0.514. The molecule has 0 spiro atoms. The van der Waals surface area contributed by atoms with Gasteiger partial charge in [-0.15, -0.1) is 0 Å². The van der Waals surface area contributed by atoms with Crippen LogP contribution in [0.25, 0.3) is 6.08 Å². The second-order valence-corrected chi connectivity index (χ2v) is 6.32. The summed E-state index contributed by atoms with van der Waals surface area (Å²) in [6, 6.07) is 11.2. The van der Waals surface area contributed by atoms with Gasteiger partial charge in [-0.3, -0.25) is 4.79 Å². The van der Waals surface area contributed by atoms with Crippen LogP contribution < -0.4 is 19.5 Å². The third kappa shape index (κ3) is 5.64. The van der Waals surface area contributed by atoms with Crippen molar-refractivity contribution in [2.75, 3.05) is 20.8 Å². The van der Waals surface area contributed by atoms with Gasteiger partial charge in [-0.05, 0) is 43.7 Å². The second kappa shape index (κ2) is 10.2. The first-order valence-electron chi connectivity index (χ1n) is 9.03. The number of benzene rings is 2. The maximum absolute atomic E-state index is 12.3. The monoisotopic (exact) mass is 381 g/mol. The molecule has 0 radical (unpaired) electrons. The highest BCUT2D eigenvalue weighted by Gasteiger charge is 2.13. The molecule has 0 saturated carbocycles. The zero-order valence-electron chi connectivity index (χ0n) is 16.8. The first-order chi connectivity index (χ1) is 13.5. The zero-order valence-corrected chi connectivity index (χ0v) is 16.8. The molecule has 0 aliphatic carbocycles. The predicted molar refractivity (Wildman–Crippen MR) is 112 cm³/mol. The molecule has 0 aliphatic rings. The number of nitrogens with one attached hydrogen (secondary N) is 1. The maximum atomic E-state index is 12.3. The van der Waals surface area contributed by atoms with E-state index in [9.17, 15) is 4.79 Å². The van der Waals surface area contributed by atoms with Crippen molar-refractivity contribution in [1.82, 2.24) is 5.32 Å². The summed E-state index contributed by atoms with van der Waals surface area (Å²) in [6.45, 7) is 7.96. The number of rotatable bonds is 9. The van der Waals surface area contributed by atoms with Crippen LogP contribution in [0.15, 0.2) is 55.1 Å². The van der Waals surface area contributed by atoms with Gasteiger partial charge in [-0.2, -0.15) is 0 Å². The Morgan fingerprint density at radius 3 is 2.50 bits per heavy atom. The first kappa shape index (κ1) is 21.1. The number of aryl methyl sites for hydroxylation is 1. The van der Waals surface area contributed by atoms with Crippen molar-refractivity contribution in [3.63, 3.8) is 0 Å². The Bertz CT molecular complexity index is 858. The smallest absolute Gasteiger partial charge is 0.244 e. The van der Waals surface area contributed by atoms with Crippen LogP contribution in [0.1, 0.15) is 29.7 Å². The van der Waals surface area contributed by atoms with Crippen molar-refractivity contribution in [2.45, 2.75) is 19.9 Å². The molecule has 1 amide bonds. The molecule has 0 aromatic heterocycles. The minimum Gasteiger partial charge on any atom is -0.496 e. The highest BCUT2D eigenvalue weighted by atomic mass is 16.5. The molecule has 5 heteroatoms. The summed E-state index contributed by atoms with van der Waals surface area (Å²) in [5.41, 5.74) is 2.88. The number of carbonyl (C=O) groups is 1. The third-order valence-electron chi connectivity index (χ3n) is 4.18. The van der Waals surface area contributed by atoms with Gasteiger partial charge in [0.2, 0.25) is 5.91 Å². The maximum Gasteiger partial charge on any atom is 0.244 e. The summed E-state index contributed by atoms with van der Waals surface area (Å²) in [5.74, 6) is 1.79. The fraction of sp³-hybridized carbons (Fsp3) is 0.261. The molecule has 0 bridgehead atoms. The highest BCUT2D eigenvalue weighted by molar-refractivity contribution is 5.92. The van der Waals surface area contributed by atoms with Gasteiger partial charge >= 0.3 is 0 Å². The molecule has 0 heterocycles. The van der Waals surface area contributed by atoms with Crippen molar-refractivity contribution in [3.8, 4) is 17.2 Å². The van der Waals surface area contributed by atoms with Crippen LogP contribution in [0.5, 0.6) is 17.2 Å². The molecular weight excluding hydrogens is 354 g/mol. The highest BCUT2D eigenvalue weighted by Crippen LogP contribution is 2.29. The average Bonchev–Trinajstić information content (AvgIpc) is 2.70. The Labute approximate surface area is 166 Å². The van der Waals surface area contributed by atoms with Crippen molar-refractivity contribution >= 4 is 12.0 Å². The van der Waals surface area contributed by atoms with E-state index in [2.05, 4.69) is 11.9 Å². The number of hydrogen-bond donors (Lipinski definition) is 1. The van der Waals surface area contributed by atoms with Crippen molar-refractivity contribution in [3.05, 3.63) is 71.8 Å². The van der Waals surface area contributed by atoms with Crippen molar-refractivity contribution < 1.29 is 19.0 Å². The Kier molecular flexibility index (Phi) is 7.69. The first-order valence-corrected chi connectivity index (χ1v) is 9.03. The largest absolute Gasteiger partial charge is 0.496 e. The lowest BCUT2D eigenvalue weighted by atomic mass is 10.0. The van der Waals surface area contributed by atoms with E-state index >= 15 is 0 Å². The van der Waals surface area contributed by atoms with Crippen molar-refractivity contribution in [1.29, 1.82) is 0 Å². The summed E-state index contributed by atoms with van der Waals surface area (Å²) in [7, 11) is 3.20. The van der Waals surface area contributed by atoms with Crippen molar-refractivity contribution in [2.24, 2.45) is 0 Å². The molecule has 2 aromatic carbocycles. The third-order valence-corrected chi connectivity index (χ3v) is 4.18. The molecule has 2 aromatic rings. The van der Waals surface area contributed by atoms with Gasteiger partial charge in [0.15, 0.2) is 11.5 Å². The minimum absolute atomic E-state index is 0.184. The van der Waals surface area contributed by atoms with Crippen LogP contribution in [-0.4, -0.2) is 26.7 Å². The van der Waals surface area contributed by atoms with Gasteiger partial charge < -0.3 is 19.5 Å². The standard InChI is InChI=1S/C23H27NO4/c1-6-13-28-21-11-8-18(15-22(21)27-5)9-12-23(25)24-17(3)19-14-16(2)7-10-20(19)26-4/h6-12,14-15,17H,1,13H2,2-5H3,(H,24,25)/b12-9+/t17-/m0/s1. The van der Waals surface area contributed by atoms with Crippen LogP contribution in [0, 0.1) is 6.92 Å². The van der Waals surface area contributed by atoms with Crippen LogP contribution in [0.3, 0.4) is 0 Å². The van der Waals surface area contributed by atoms with Crippen LogP contribution in [0.4, 0.5) is 0 Å². The van der Waals surface area contributed by atoms with Gasteiger partial charge in [-0.1, -0.05) is 36.4 Å². The summed E-state index contributed by atoms with van der Waals surface area (Å²) < 4.78 is 16.3. The van der Waals surface area contributed by atoms with Crippen LogP contribution in [-0.2, 0) is 4.79 Å². The summed E-state index contributed by atoms with van der Waals surface area (Å²) in [6.07, 6.45) is 4.90. The van der Waals surface area contributed by atoms with Gasteiger partial charge in [0, 0.05) is 11.6 Å². The molecule has 0 fully saturated rings. The Balaban J connectivity index is 2.07. The molecule has 1 N–H and O–H groups in total. The van der Waals surface area contributed by atoms with Gasteiger partial charge in [0.05, 0.1) is 20.3 Å². The molecule has 2 rings (SSSR count). The van der Waals surface area contributed by atoms with E-state index in [-0.39, 0.29) is 11.9 Å². The lowest BCUT2D eigenvalue weighted by Gasteiger charge is -2.17. The Morgan fingerprint density at radius 2 is 1.82 bits per heavy atom. The SMILES string of the molecule is C=CCOc1ccc(/C=C/C(=O)N[C@@H](C)c2cc(C)ccc2OC)cc1OC. The second-order valence-electron chi connectivity index (χ2n) is 6.32. The van der Waals surface area contributed by atoms with E-state index in [1.807, 2.05) is 44.2 Å². The molecule has 1 atom stereocenters. The van der Waals surface area contributed by atoms with Crippen LogP contribution in [0.2, 0.25) is 0 Å². The van der Waals surface area contributed by atoms with E-state index in [1.54, 1.807) is 32.4 Å². The van der Waals surface area contributed by atoms with E-state index in [0.29, 0.717) is 18.1 Å².